The van der Waals surface area contributed by atoms with Crippen molar-refractivity contribution in [2.45, 2.75) is 58.9 Å². The fourth-order valence-electron chi connectivity index (χ4n) is 3.04. The van der Waals surface area contributed by atoms with Gasteiger partial charge in [0.2, 0.25) is 0 Å². The molecule has 1 saturated heterocycles. The Morgan fingerprint density at radius 2 is 1.90 bits per heavy atom. The van der Waals surface area contributed by atoms with Crippen molar-refractivity contribution in [3.8, 4) is 0 Å². The molecule has 1 aromatic rings. The highest BCUT2D eigenvalue weighted by atomic mass is 127. The van der Waals surface area contributed by atoms with Gasteiger partial charge in [-0.25, -0.2) is 9.79 Å². The van der Waals surface area contributed by atoms with Crippen LogP contribution in [-0.4, -0.2) is 55.3 Å². The predicted molar refractivity (Wildman–Crippen MR) is 127 cm³/mol. The average Bonchev–Trinajstić information content (AvgIpc) is 3.06. The monoisotopic (exact) mass is 518 g/mol. The number of hydrogen-bond acceptors (Lipinski definition) is 4. The summed E-state index contributed by atoms with van der Waals surface area (Å²) in [6.07, 6.45) is 0.507. The summed E-state index contributed by atoms with van der Waals surface area (Å²) in [5.74, 6) is 0.872. The molecule has 2 N–H and O–H groups in total. The first kappa shape index (κ1) is 25.5. The van der Waals surface area contributed by atoms with Crippen LogP contribution in [0.15, 0.2) is 29.3 Å². The zero-order chi connectivity index (χ0) is 20.6. The second-order valence-electron chi connectivity index (χ2n) is 8.00. The molecule has 1 aliphatic heterocycles. The van der Waals surface area contributed by atoms with Crippen molar-refractivity contribution in [2.75, 3.05) is 26.7 Å². The van der Waals surface area contributed by atoms with E-state index in [9.17, 15) is 4.79 Å². The Morgan fingerprint density at radius 1 is 1.24 bits per heavy atom. The van der Waals surface area contributed by atoms with Gasteiger partial charge in [-0.05, 0) is 45.2 Å². The molecule has 1 aromatic carbocycles. The fourth-order valence-corrected chi connectivity index (χ4v) is 3.04. The minimum atomic E-state index is -0.489. The minimum Gasteiger partial charge on any atom is -0.444 e. The first-order valence-corrected chi connectivity index (χ1v) is 9.90. The van der Waals surface area contributed by atoms with E-state index in [1.54, 1.807) is 7.11 Å². The molecule has 1 heterocycles. The number of carbonyl (C=O) groups excluding carboxylic acids is 1. The number of halogens is 1. The minimum absolute atomic E-state index is 0. The number of likely N-dealkylation sites (tertiary alicyclic amines) is 1. The Kier molecular flexibility index (Phi) is 10.7. The summed E-state index contributed by atoms with van der Waals surface area (Å²) in [7, 11) is 1.70. The molecule has 1 atom stereocenters. The average molecular weight is 518 g/mol. The lowest BCUT2D eigenvalue weighted by molar-refractivity contribution is 0.0507. The van der Waals surface area contributed by atoms with Crippen LogP contribution in [-0.2, 0) is 22.6 Å². The number of alkyl carbamates (subject to hydrolysis) is 1. The summed E-state index contributed by atoms with van der Waals surface area (Å²) in [6, 6.07) is 8.36. The summed E-state index contributed by atoms with van der Waals surface area (Å²) >= 11 is 0. The second kappa shape index (κ2) is 12.2. The maximum absolute atomic E-state index is 12.0. The number of carbonyl (C=O) groups is 1. The van der Waals surface area contributed by atoms with Crippen LogP contribution in [0.4, 0.5) is 4.79 Å². The van der Waals surface area contributed by atoms with Crippen LogP contribution < -0.4 is 10.6 Å². The van der Waals surface area contributed by atoms with E-state index in [0.29, 0.717) is 13.2 Å². The molecule has 1 fully saturated rings. The lowest BCUT2D eigenvalue weighted by atomic mass is 10.1. The molecular formula is C21H35IN4O3. The van der Waals surface area contributed by atoms with Gasteiger partial charge in [0.15, 0.2) is 5.96 Å². The molecule has 0 aliphatic carbocycles. The Hall–Kier alpha value is -1.55. The van der Waals surface area contributed by atoms with E-state index in [1.807, 2.05) is 20.8 Å². The van der Waals surface area contributed by atoms with E-state index >= 15 is 0 Å². The molecule has 0 bridgehead atoms. The van der Waals surface area contributed by atoms with Crippen LogP contribution in [0, 0.1) is 0 Å². The quantitative estimate of drug-likeness (QED) is 0.343. The van der Waals surface area contributed by atoms with Crippen molar-refractivity contribution in [3.05, 3.63) is 35.4 Å². The van der Waals surface area contributed by atoms with Gasteiger partial charge in [-0.3, -0.25) is 0 Å². The van der Waals surface area contributed by atoms with Crippen molar-refractivity contribution in [2.24, 2.45) is 4.99 Å². The molecule has 8 heteroatoms. The number of hydrogen-bond donors (Lipinski definition) is 2. The van der Waals surface area contributed by atoms with E-state index in [4.69, 9.17) is 14.5 Å². The smallest absolute Gasteiger partial charge is 0.407 e. The van der Waals surface area contributed by atoms with Gasteiger partial charge in [-0.1, -0.05) is 24.3 Å². The van der Waals surface area contributed by atoms with Gasteiger partial charge >= 0.3 is 6.09 Å². The number of benzene rings is 1. The number of guanidine groups is 1. The van der Waals surface area contributed by atoms with Crippen molar-refractivity contribution in [1.29, 1.82) is 0 Å². The third-order valence-electron chi connectivity index (χ3n) is 4.29. The maximum Gasteiger partial charge on any atom is 0.407 e. The molecule has 0 spiro atoms. The van der Waals surface area contributed by atoms with Crippen LogP contribution in [0.3, 0.4) is 0 Å². The Labute approximate surface area is 191 Å². The molecule has 0 radical (unpaired) electrons. The molecule has 2 rings (SSSR count). The standard InChI is InChI=1S/C21H34N4O3.HI/c1-6-22-19(23-13-16-7-9-17(10-8-16)15-27-5)25-12-11-18(14-25)24-20(26)28-21(2,3)4;/h7-10,18H,6,11-15H2,1-5H3,(H,22,23)(H,24,26);1H. The first-order valence-electron chi connectivity index (χ1n) is 9.90. The zero-order valence-corrected chi connectivity index (χ0v) is 20.5. The van der Waals surface area contributed by atoms with Gasteiger partial charge in [-0.2, -0.15) is 0 Å². The topological polar surface area (TPSA) is 75.2 Å². The first-order chi connectivity index (χ1) is 13.3. The normalized spacial score (nSPS) is 16.9. The number of rotatable bonds is 6. The molecule has 29 heavy (non-hydrogen) atoms. The third kappa shape index (κ3) is 9.20. The molecule has 1 aliphatic rings. The van der Waals surface area contributed by atoms with E-state index in [1.165, 1.54) is 0 Å². The van der Waals surface area contributed by atoms with Gasteiger partial charge in [0.1, 0.15) is 5.60 Å². The number of aliphatic imine (C=N–C) groups is 1. The molecule has 0 saturated carbocycles. The van der Waals surface area contributed by atoms with E-state index in [0.717, 1.165) is 43.1 Å². The molecular weight excluding hydrogens is 483 g/mol. The highest BCUT2D eigenvalue weighted by Crippen LogP contribution is 2.13. The summed E-state index contributed by atoms with van der Waals surface area (Å²) < 4.78 is 10.5. The van der Waals surface area contributed by atoms with Gasteiger partial charge in [0.25, 0.3) is 0 Å². The summed E-state index contributed by atoms with van der Waals surface area (Å²) in [5, 5.41) is 6.31. The lowest BCUT2D eigenvalue weighted by Gasteiger charge is -2.23. The lowest BCUT2D eigenvalue weighted by Crippen LogP contribution is -2.44. The molecule has 7 nitrogen and oxygen atoms in total. The van der Waals surface area contributed by atoms with Crippen LogP contribution in [0.5, 0.6) is 0 Å². The van der Waals surface area contributed by atoms with E-state index in [-0.39, 0.29) is 36.1 Å². The highest BCUT2D eigenvalue weighted by molar-refractivity contribution is 14.0. The molecule has 1 amide bonds. The summed E-state index contributed by atoms with van der Waals surface area (Å²) in [6.45, 7) is 11.2. The van der Waals surface area contributed by atoms with E-state index < -0.39 is 5.60 Å². The van der Waals surface area contributed by atoms with Crippen LogP contribution in [0.1, 0.15) is 45.2 Å². The number of nitrogens with one attached hydrogen (secondary N) is 2. The van der Waals surface area contributed by atoms with Gasteiger partial charge < -0.3 is 25.0 Å². The molecule has 1 unspecified atom stereocenters. The van der Waals surface area contributed by atoms with Crippen molar-refractivity contribution in [3.63, 3.8) is 0 Å². The number of amides is 1. The third-order valence-corrected chi connectivity index (χ3v) is 4.29. The second-order valence-corrected chi connectivity index (χ2v) is 8.00. The molecule has 0 aromatic heterocycles. The summed E-state index contributed by atoms with van der Waals surface area (Å²) in [5.41, 5.74) is 1.81. The Morgan fingerprint density at radius 3 is 2.48 bits per heavy atom. The van der Waals surface area contributed by atoms with Crippen LogP contribution in [0.25, 0.3) is 0 Å². The predicted octanol–water partition coefficient (Wildman–Crippen LogP) is 3.52. The summed E-state index contributed by atoms with van der Waals surface area (Å²) in [4.78, 5) is 19.0. The van der Waals surface area contributed by atoms with Crippen LogP contribution in [0.2, 0.25) is 0 Å². The number of methoxy groups -OCH3 is 1. The van der Waals surface area contributed by atoms with Gasteiger partial charge in [-0.15, -0.1) is 24.0 Å². The van der Waals surface area contributed by atoms with Crippen LogP contribution >= 0.6 is 24.0 Å². The Balaban J connectivity index is 0.00000420. The highest BCUT2D eigenvalue weighted by Gasteiger charge is 2.27. The maximum atomic E-state index is 12.0. The zero-order valence-electron chi connectivity index (χ0n) is 18.2. The van der Waals surface area contributed by atoms with Crippen molar-refractivity contribution < 1.29 is 14.3 Å². The SMILES string of the molecule is CCNC(=NCc1ccc(COC)cc1)N1CCC(NC(=O)OC(C)(C)C)C1.I. The number of nitrogens with zero attached hydrogens (tertiary/aromatic N) is 2. The fraction of sp³-hybridized carbons (Fsp3) is 0.619. The van der Waals surface area contributed by atoms with Crippen molar-refractivity contribution >= 4 is 36.0 Å². The van der Waals surface area contributed by atoms with Crippen molar-refractivity contribution in [1.82, 2.24) is 15.5 Å². The van der Waals surface area contributed by atoms with Gasteiger partial charge in [0, 0.05) is 26.7 Å². The largest absolute Gasteiger partial charge is 0.444 e. The Bertz CT molecular complexity index is 659. The number of ether oxygens (including phenoxy) is 2. The van der Waals surface area contributed by atoms with Gasteiger partial charge in [0.05, 0.1) is 19.2 Å². The molecule has 164 valence electrons. The van der Waals surface area contributed by atoms with E-state index in [2.05, 4.69) is 46.7 Å².